The van der Waals surface area contributed by atoms with Crippen LogP contribution in [0, 0.1) is 0 Å². The summed E-state index contributed by atoms with van der Waals surface area (Å²) in [6, 6.07) is 15.1. The summed E-state index contributed by atoms with van der Waals surface area (Å²) in [7, 11) is 1.62. The minimum Gasteiger partial charge on any atom is -0.496 e. The monoisotopic (exact) mass is 364 g/mol. The van der Waals surface area contributed by atoms with Crippen LogP contribution in [-0.2, 0) is 9.59 Å². The first-order valence-corrected chi connectivity index (χ1v) is 9.10. The Morgan fingerprint density at radius 1 is 1.19 bits per heavy atom. The molecule has 3 rings (SSSR count). The van der Waals surface area contributed by atoms with Crippen molar-refractivity contribution in [2.75, 3.05) is 18.6 Å². The molecule has 5 heteroatoms. The average Bonchev–Trinajstić information content (AvgIpc) is 3.12. The van der Waals surface area contributed by atoms with Crippen molar-refractivity contribution in [1.29, 1.82) is 0 Å². The Bertz CT molecular complexity index is 843. The summed E-state index contributed by atoms with van der Waals surface area (Å²) in [6.07, 6.45) is 4.80. The summed E-state index contributed by atoms with van der Waals surface area (Å²) in [4.78, 5) is 25.8. The maximum Gasteiger partial charge on any atom is 0.244 e. The van der Waals surface area contributed by atoms with Crippen LogP contribution in [-0.4, -0.2) is 25.5 Å². The third-order valence-electron chi connectivity index (χ3n) is 4.67. The second-order valence-electron chi connectivity index (χ2n) is 6.55. The molecule has 1 fully saturated rings. The first-order chi connectivity index (χ1) is 13.1. The first-order valence-electron chi connectivity index (χ1n) is 9.10. The van der Waals surface area contributed by atoms with Crippen LogP contribution in [0.25, 0.3) is 6.08 Å². The van der Waals surface area contributed by atoms with Gasteiger partial charge in [0.1, 0.15) is 5.75 Å². The number of nitrogens with zero attached hydrogens (tertiary/aromatic N) is 1. The fourth-order valence-corrected chi connectivity index (χ4v) is 3.22. The van der Waals surface area contributed by atoms with E-state index in [1.807, 2.05) is 55.5 Å². The van der Waals surface area contributed by atoms with E-state index in [1.54, 1.807) is 18.1 Å². The maximum atomic E-state index is 12.2. The Morgan fingerprint density at radius 2 is 1.93 bits per heavy atom. The van der Waals surface area contributed by atoms with Gasteiger partial charge in [0, 0.05) is 30.3 Å². The third kappa shape index (κ3) is 4.56. The van der Waals surface area contributed by atoms with E-state index in [0.717, 1.165) is 35.5 Å². The zero-order valence-corrected chi connectivity index (χ0v) is 15.6. The molecule has 2 aromatic carbocycles. The topological polar surface area (TPSA) is 58.6 Å². The normalized spacial score (nSPS) is 15.2. The Morgan fingerprint density at radius 3 is 2.59 bits per heavy atom. The van der Waals surface area contributed by atoms with Crippen molar-refractivity contribution in [3.63, 3.8) is 0 Å². The van der Waals surface area contributed by atoms with Crippen molar-refractivity contribution in [2.45, 2.75) is 25.8 Å². The standard InChI is InChI=1S/C22H24N2O3/c1-16(19-6-3-4-7-20(19)27-2)23-21(25)14-11-17-9-12-18(13-10-17)24-15-5-8-22(24)26/h3-4,6-7,9-14,16H,5,8,15H2,1-2H3,(H,23,25)/b14-11+. The molecule has 0 aromatic heterocycles. The van der Waals surface area contributed by atoms with Crippen LogP contribution in [0.1, 0.15) is 36.9 Å². The van der Waals surface area contributed by atoms with Gasteiger partial charge in [-0.15, -0.1) is 0 Å². The highest BCUT2D eigenvalue weighted by Gasteiger charge is 2.21. The molecule has 2 amide bonds. The summed E-state index contributed by atoms with van der Waals surface area (Å²) in [5.41, 5.74) is 2.75. The van der Waals surface area contributed by atoms with Gasteiger partial charge in [0.2, 0.25) is 11.8 Å². The number of para-hydroxylation sites is 1. The van der Waals surface area contributed by atoms with Crippen LogP contribution in [0.3, 0.4) is 0 Å². The van der Waals surface area contributed by atoms with Gasteiger partial charge in [0.05, 0.1) is 13.2 Å². The number of nitrogens with one attached hydrogen (secondary N) is 1. The molecule has 0 spiro atoms. The zero-order valence-electron chi connectivity index (χ0n) is 15.6. The van der Waals surface area contributed by atoms with Crippen LogP contribution < -0.4 is 15.0 Å². The van der Waals surface area contributed by atoms with Gasteiger partial charge in [-0.1, -0.05) is 30.3 Å². The molecule has 1 aliphatic heterocycles. The van der Waals surface area contributed by atoms with Crippen LogP contribution >= 0.6 is 0 Å². The second-order valence-corrected chi connectivity index (χ2v) is 6.55. The molecule has 0 aliphatic carbocycles. The van der Waals surface area contributed by atoms with E-state index in [2.05, 4.69) is 5.32 Å². The zero-order chi connectivity index (χ0) is 19.2. The molecule has 2 aromatic rings. The van der Waals surface area contributed by atoms with E-state index >= 15 is 0 Å². The molecule has 0 bridgehead atoms. The van der Waals surface area contributed by atoms with E-state index in [1.165, 1.54) is 6.08 Å². The highest BCUT2D eigenvalue weighted by atomic mass is 16.5. The molecule has 140 valence electrons. The molecule has 1 N–H and O–H groups in total. The van der Waals surface area contributed by atoms with Gasteiger partial charge >= 0.3 is 0 Å². The fourth-order valence-electron chi connectivity index (χ4n) is 3.22. The fraction of sp³-hybridized carbons (Fsp3) is 0.273. The number of ether oxygens (including phenoxy) is 1. The first kappa shape index (κ1) is 18.7. The van der Waals surface area contributed by atoms with Gasteiger partial charge in [-0.25, -0.2) is 0 Å². The van der Waals surface area contributed by atoms with Gasteiger partial charge in [-0.2, -0.15) is 0 Å². The van der Waals surface area contributed by atoms with Gasteiger partial charge in [-0.05, 0) is 43.2 Å². The molecule has 1 aliphatic rings. The third-order valence-corrected chi connectivity index (χ3v) is 4.67. The average molecular weight is 364 g/mol. The minimum atomic E-state index is -0.174. The van der Waals surface area contributed by atoms with E-state index in [-0.39, 0.29) is 17.9 Å². The maximum absolute atomic E-state index is 12.2. The Labute approximate surface area is 159 Å². The van der Waals surface area contributed by atoms with Crippen molar-refractivity contribution < 1.29 is 14.3 Å². The lowest BCUT2D eigenvalue weighted by Crippen LogP contribution is -2.25. The van der Waals surface area contributed by atoms with Crippen molar-refractivity contribution in [3.05, 3.63) is 65.7 Å². The van der Waals surface area contributed by atoms with Crippen LogP contribution in [0.4, 0.5) is 5.69 Å². The van der Waals surface area contributed by atoms with E-state index in [9.17, 15) is 9.59 Å². The minimum absolute atomic E-state index is 0.165. The van der Waals surface area contributed by atoms with Gasteiger partial charge in [-0.3, -0.25) is 9.59 Å². The number of carbonyl (C=O) groups is 2. The largest absolute Gasteiger partial charge is 0.496 e. The summed E-state index contributed by atoms with van der Waals surface area (Å²) in [5.74, 6) is 0.747. The van der Waals surface area contributed by atoms with Crippen LogP contribution in [0.5, 0.6) is 5.75 Å². The van der Waals surface area contributed by atoms with Crippen molar-refractivity contribution in [3.8, 4) is 5.75 Å². The Hall–Kier alpha value is -3.08. The van der Waals surface area contributed by atoms with E-state index < -0.39 is 0 Å². The van der Waals surface area contributed by atoms with Crippen LogP contribution in [0.2, 0.25) is 0 Å². The number of rotatable bonds is 6. The van der Waals surface area contributed by atoms with Crippen LogP contribution in [0.15, 0.2) is 54.6 Å². The number of hydrogen-bond donors (Lipinski definition) is 1. The van der Waals surface area contributed by atoms with Gasteiger partial charge in [0.15, 0.2) is 0 Å². The lowest BCUT2D eigenvalue weighted by molar-refractivity contribution is -0.117. The molecule has 0 radical (unpaired) electrons. The lowest BCUT2D eigenvalue weighted by atomic mass is 10.1. The Kier molecular flexibility index (Phi) is 5.91. The molecule has 27 heavy (non-hydrogen) atoms. The van der Waals surface area contributed by atoms with Gasteiger partial charge in [0.25, 0.3) is 0 Å². The number of amides is 2. The highest BCUT2D eigenvalue weighted by Crippen LogP contribution is 2.24. The molecule has 0 saturated carbocycles. The lowest BCUT2D eigenvalue weighted by Gasteiger charge is -2.16. The molecule has 1 atom stereocenters. The number of benzene rings is 2. The number of anilines is 1. The smallest absolute Gasteiger partial charge is 0.244 e. The molecular formula is C22H24N2O3. The number of methoxy groups -OCH3 is 1. The summed E-state index contributed by atoms with van der Waals surface area (Å²) < 4.78 is 5.34. The molecule has 1 heterocycles. The molecular weight excluding hydrogens is 340 g/mol. The summed E-state index contributed by atoms with van der Waals surface area (Å²) in [6.45, 7) is 2.70. The molecule has 1 unspecified atom stereocenters. The number of carbonyl (C=O) groups excluding carboxylic acids is 2. The summed E-state index contributed by atoms with van der Waals surface area (Å²) >= 11 is 0. The summed E-state index contributed by atoms with van der Waals surface area (Å²) in [5, 5.41) is 2.94. The molecule has 1 saturated heterocycles. The van der Waals surface area contributed by atoms with Gasteiger partial charge < -0.3 is 15.0 Å². The SMILES string of the molecule is COc1ccccc1C(C)NC(=O)/C=C/c1ccc(N2CCCC2=O)cc1. The Balaban J connectivity index is 1.60. The predicted molar refractivity (Wildman–Crippen MR) is 107 cm³/mol. The van der Waals surface area contributed by atoms with E-state index in [4.69, 9.17) is 4.74 Å². The quantitative estimate of drug-likeness (QED) is 0.795. The van der Waals surface area contributed by atoms with Crippen molar-refractivity contribution >= 4 is 23.6 Å². The molecule has 5 nitrogen and oxygen atoms in total. The van der Waals surface area contributed by atoms with E-state index in [0.29, 0.717) is 6.42 Å². The predicted octanol–water partition coefficient (Wildman–Crippen LogP) is 3.71. The second kappa shape index (κ2) is 8.54. The van der Waals surface area contributed by atoms with Crippen molar-refractivity contribution in [1.82, 2.24) is 5.32 Å². The van der Waals surface area contributed by atoms with Crippen molar-refractivity contribution in [2.24, 2.45) is 0 Å². The highest BCUT2D eigenvalue weighted by molar-refractivity contribution is 5.95. The number of hydrogen-bond acceptors (Lipinski definition) is 3.